The molecule has 0 saturated carbocycles. The summed E-state index contributed by atoms with van der Waals surface area (Å²) >= 11 is 3.18. The van der Waals surface area contributed by atoms with E-state index in [1.54, 1.807) is 35.5 Å². The molecule has 0 unspecified atom stereocenters. The van der Waals surface area contributed by atoms with Crippen molar-refractivity contribution in [2.24, 2.45) is 5.92 Å². The van der Waals surface area contributed by atoms with Gasteiger partial charge in [0.05, 0.1) is 5.39 Å². The number of aromatic nitrogens is 3. The van der Waals surface area contributed by atoms with Crippen LogP contribution in [-0.4, -0.2) is 15.0 Å². The summed E-state index contributed by atoms with van der Waals surface area (Å²) in [4.78, 5) is 26.3. The van der Waals surface area contributed by atoms with E-state index in [4.69, 9.17) is 0 Å². The van der Waals surface area contributed by atoms with Gasteiger partial charge < -0.3 is 4.98 Å². The molecule has 0 aromatic carbocycles. The maximum Gasteiger partial charge on any atom is 0.260 e. The van der Waals surface area contributed by atoms with Crippen LogP contribution in [0.4, 0.5) is 0 Å². The Bertz CT molecular complexity index is 886. The van der Waals surface area contributed by atoms with Gasteiger partial charge in [-0.05, 0) is 42.5 Å². The Balaban J connectivity index is 1.89. The Morgan fingerprint density at radius 2 is 2.08 bits per heavy atom. The summed E-state index contributed by atoms with van der Waals surface area (Å²) in [5.74, 6) is 1.34. The summed E-state index contributed by atoms with van der Waals surface area (Å²) in [6, 6.07) is 3.95. The quantitative estimate of drug-likeness (QED) is 0.517. The standard InChI is InChI=1S/C18H21N3OS2/c1-4-11(2)9-14-12(3)24-17-15(14)16(22)20-18(21-17)23-10-13-5-7-19-8-6-13/h5-8,11H,4,9-10H2,1-3H3,(H,20,21,22)/t11-/m1/s1. The maximum atomic E-state index is 12.6. The number of nitrogens with one attached hydrogen (secondary N) is 1. The monoisotopic (exact) mass is 359 g/mol. The number of thiophene rings is 1. The summed E-state index contributed by atoms with van der Waals surface area (Å²) in [5, 5.41) is 1.46. The van der Waals surface area contributed by atoms with E-state index in [0.717, 1.165) is 34.4 Å². The van der Waals surface area contributed by atoms with Crippen molar-refractivity contribution in [2.75, 3.05) is 0 Å². The Morgan fingerprint density at radius 1 is 1.33 bits per heavy atom. The van der Waals surface area contributed by atoms with Crippen molar-refractivity contribution in [3.8, 4) is 0 Å². The Morgan fingerprint density at radius 3 is 2.79 bits per heavy atom. The van der Waals surface area contributed by atoms with E-state index < -0.39 is 0 Å². The van der Waals surface area contributed by atoms with E-state index in [0.29, 0.717) is 11.1 Å². The molecule has 6 heteroatoms. The molecule has 0 spiro atoms. The SMILES string of the molecule is CC[C@@H](C)Cc1c(C)sc2nc(SCc3ccncc3)[nH]c(=O)c12. The molecule has 0 bridgehead atoms. The highest BCUT2D eigenvalue weighted by Crippen LogP contribution is 2.31. The molecule has 0 radical (unpaired) electrons. The summed E-state index contributed by atoms with van der Waals surface area (Å²) in [6.45, 7) is 6.50. The van der Waals surface area contributed by atoms with Gasteiger partial charge in [-0.15, -0.1) is 11.3 Å². The summed E-state index contributed by atoms with van der Waals surface area (Å²) in [7, 11) is 0. The van der Waals surface area contributed by atoms with Gasteiger partial charge in [-0.3, -0.25) is 9.78 Å². The van der Waals surface area contributed by atoms with E-state index in [-0.39, 0.29) is 5.56 Å². The van der Waals surface area contributed by atoms with Gasteiger partial charge in [0.1, 0.15) is 4.83 Å². The molecule has 0 aliphatic rings. The van der Waals surface area contributed by atoms with Gasteiger partial charge in [0.15, 0.2) is 5.16 Å². The van der Waals surface area contributed by atoms with Gasteiger partial charge in [0.2, 0.25) is 0 Å². The molecule has 0 aliphatic carbocycles. The predicted molar refractivity (Wildman–Crippen MR) is 102 cm³/mol. The fourth-order valence-electron chi connectivity index (χ4n) is 2.59. The third-order valence-corrected chi connectivity index (χ3v) is 6.20. The van der Waals surface area contributed by atoms with Crippen LogP contribution >= 0.6 is 23.1 Å². The zero-order valence-electron chi connectivity index (χ0n) is 14.1. The smallest absolute Gasteiger partial charge is 0.260 e. The van der Waals surface area contributed by atoms with Crippen molar-refractivity contribution >= 4 is 33.3 Å². The average molecular weight is 360 g/mol. The van der Waals surface area contributed by atoms with Crippen LogP contribution in [0.5, 0.6) is 0 Å². The first kappa shape index (κ1) is 17.2. The molecular formula is C18H21N3OS2. The zero-order chi connectivity index (χ0) is 17.1. The van der Waals surface area contributed by atoms with E-state index >= 15 is 0 Å². The number of rotatable bonds is 6. The minimum absolute atomic E-state index is 0.0140. The number of fused-ring (bicyclic) bond motifs is 1. The second-order valence-electron chi connectivity index (χ2n) is 6.05. The lowest BCUT2D eigenvalue weighted by molar-refractivity contribution is 0.561. The van der Waals surface area contributed by atoms with E-state index in [9.17, 15) is 4.79 Å². The normalized spacial score (nSPS) is 12.6. The number of hydrogen-bond donors (Lipinski definition) is 1. The Hall–Kier alpha value is -1.66. The fourth-order valence-corrected chi connectivity index (χ4v) is 4.52. The number of aryl methyl sites for hydroxylation is 1. The van der Waals surface area contributed by atoms with Gasteiger partial charge in [-0.1, -0.05) is 32.0 Å². The molecular weight excluding hydrogens is 338 g/mol. The Kier molecular flexibility index (Phi) is 5.36. The van der Waals surface area contributed by atoms with E-state index in [2.05, 4.69) is 35.7 Å². The largest absolute Gasteiger partial charge is 0.301 e. The van der Waals surface area contributed by atoms with Crippen molar-refractivity contribution in [3.63, 3.8) is 0 Å². The molecule has 3 rings (SSSR count). The van der Waals surface area contributed by atoms with E-state index in [1.165, 1.54) is 10.4 Å². The molecule has 1 atom stereocenters. The molecule has 3 aromatic rings. The molecule has 0 fully saturated rings. The zero-order valence-corrected chi connectivity index (χ0v) is 15.8. The van der Waals surface area contributed by atoms with Crippen LogP contribution < -0.4 is 5.56 Å². The van der Waals surface area contributed by atoms with Gasteiger partial charge in [-0.2, -0.15) is 0 Å². The molecule has 1 N–H and O–H groups in total. The number of pyridine rings is 1. The van der Waals surface area contributed by atoms with Gasteiger partial charge in [-0.25, -0.2) is 4.98 Å². The lowest BCUT2D eigenvalue weighted by atomic mass is 9.98. The first-order chi connectivity index (χ1) is 11.6. The second-order valence-corrected chi connectivity index (χ2v) is 8.22. The average Bonchev–Trinajstić information content (AvgIpc) is 2.89. The summed E-state index contributed by atoms with van der Waals surface area (Å²) in [5.41, 5.74) is 2.32. The molecule has 0 saturated heterocycles. The van der Waals surface area contributed by atoms with E-state index in [1.807, 2.05) is 12.1 Å². The molecule has 0 aliphatic heterocycles. The van der Waals surface area contributed by atoms with Crippen LogP contribution in [0.15, 0.2) is 34.5 Å². The highest BCUT2D eigenvalue weighted by molar-refractivity contribution is 7.98. The number of hydrogen-bond acceptors (Lipinski definition) is 5. The van der Waals surface area contributed by atoms with Crippen LogP contribution in [0.1, 0.15) is 36.3 Å². The third-order valence-electron chi connectivity index (χ3n) is 4.22. The molecule has 24 heavy (non-hydrogen) atoms. The van der Waals surface area contributed by atoms with Crippen LogP contribution in [0.2, 0.25) is 0 Å². The molecule has 126 valence electrons. The van der Waals surface area contributed by atoms with Crippen LogP contribution in [0.25, 0.3) is 10.2 Å². The van der Waals surface area contributed by atoms with Gasteiger partial charge in [0, 0.05) is 23.0 Å². The molecule has 4 nitrogen and oxygen atoms in total. The minimum atomic E-state index is -0.0140. The lowest BCUT2D eigenvalue weighted by Crippen LogP contribution is -2.11. The topological polar surface area (TPSA) is 58.6 Å². The van der Waals surface area contributed by atoms with Crippen molar-refractivity contribution in [2.45, 2.75) is 44.5 Å². The molecule has 3 aromatic heterocycles. The van der Waals surface area contributed by atoms with Crippen LogP contribution in [-0.2, 0) is 12.2 Å². The Labute approximate surface area is 149 Å². The molecule has 0 amide bonds. The summed E-state index contributed by atoms with van der Waals surface area (Å²) < 4.78 is 0. The fraction of sp³-hybridized carbons (Fsp3) is 0.389. The number of H-pyrrole nitrogens is 1. The third kappa shape index (κ3) is 3.70. The highest BCUT2D eigenvalue weighted by atomic mass is 32.2. The van der Waals surface area contributed by atoms with Crippen molar-refractivity contribution in [1.29, 1.82) is 0 Å². The number of aromatic amines is 1. The lowest BCUT2D eigenvalue weighted by Gasteiger charge is -2.08. The molecule has 3 heterocycles. The minimum Gasteiger partial charge on any atom is -0.301 e. The highest BCUT2D eigenvalue weighted by Gasteiger charge is 2.16. The van der Waals surface area contributed by atoms with Gasteiger partial charge in [0.25, 0.3) is 5.56 Å². The summed E-state index contributed by atoms with van der Waals surface area (Å²) in [6.07, 6.45) is 5.61. The first-order valence-electron chi connectivity index (χ1n) is 8.12. The maximum absolute atomic E-state index is 12.6. The van der Waals surface area contributed by atoms with Crippen molar-refractivity contribution in [1.82, 2.24) is 15.0 Å². The van der Waals surface area contributed by atoms with Crippen LogP contribution in [0.3, 0.4) is 0 Å². The number of thioether (sulfide) groups is 1. The number of nitrogens with zero attached hydrogens (tertiary/aromatic N) is 2. The van der Waals surface area contributed by atoms with Crippen LogP contribution in [0, 0.1) is 12.8 Å². The first-order valence-corrected chi connectivity index (χ1v) is 9.92. The predicted octanol–water partition coefficient (Wildman–Crippen LogP) is 4.57. The van der Waals surface area contributed by atoms with Crippen molar-refractivity contribution < 1.29 is 0 Å². The van der Waals surface area contributed by atoms with Gasteiger partial charge >= 0.3 is 0 Å². The second kappa shape index (κ2) is 7.49. The van der Waals surface area contributed by atoms with Crippen molar-refractivity contribution in [3.05, 3.63) is 50.9 Å².